The van der Waals surface area contributed by atoms with Gasteiger partial charge in [-0.3, -0.25) is 4.39 Å². The van der Waals surface area contributed by atoms with Crippen molar-refractivity contribution in [1.82, 2.24) is 9.62 Å². The van der Waals surface area contributed by atoms with Gasteiger partial charge in [-0.15, -0.1) is 0 Å². The van der Waals surface area contributed by atoms with Crippen LogP contribution >= 0.6 is 0 Å². The molecule has 0 aromatic heterocycles. The normalized spacial score (nSPS) is 27.4. The van der Waals surface area contributed by atoms with Gasteiger partial charge in [0.15, 0.2) is 0 Å². The molecule has 19 heavy (non-hydrogen) atoms. The van der Waals surface area contributed by atoms with Crippen molar-refractivity contribution in [1.29, 1.82) is 0 Å². The molecule has 0 aromatic carbocycles. The Morgan fingerprint density at radius 1 is 1.32 bits per heavy atom. The Bertz CT molecular complexity index is 352. The average molecular weight is 294 g/mol. The number of nitrogens with one attached hydrogen (secondary N) is 1. The largest absolute Gasteiger partial charge is 0.301 e. The fourth-order valence-corrected chi connectivity index (χ4v) is 4.27. The fourth-order valence-electron chi connectivity index (χ4n) is 2.98. The molecule has 1 rings (SSSR count). The first-order valence-electron chi connectivity index (χ1n) is 7.10. The number of sulfonamides is 1. The molecule has 1 saturated heterocycles. The van der Waals surface area contributed by atoms with Crippen LogP contribution in [0.2, 0.25) is 0 Å². The van der Waals surface area contributed by atoms with Gasteiger partial charge in [-0.25, -0.2) is 13.1 Å². The number of halogens is 1. The average Bonchev–Trinajstić information content (AvgIpc) is 2.23. The first-order chi connectivity index (χ1) is 8.82. The highest BCUT2D eigenvalue weighted by Crippen LogP contribution is 2.20. The SMILES string of the molecule is C[C@@H]1C[C@H](C)CN(C[C@@H](C)NS(=O)(=O)CCCF)C1. The highest BCUT2D eigenvalue weighted by molar-refractivity contribution is 7.89. The second-order valence-corrected chi connectivity index (χ2v) is 7.92. The van der Waals surface area contributed by atoms with Crippen molar-refractivity contribution < 1.29 is 12.8 Å². The molecule has 1 heterocycles. The first kappa shape index (κ1) is 16.9. The van der Waals surface area contributed by atoms with E-state index < -0.39 is 16.7 Å². The molecule has 114 valence electrons. The van der Waals surface area contributed by atoms with E-state index >= 15 is 0 Å². The molecule has 3 atom stereocenters. The van der Waals surface area contributed by atoms with E-state index in [-0.39, 0.29) is 18.2 Å². The Morgan fingerprint density at radius 2 is 1.89 bits per heavy atom. The molecule has 1 fully saturated rings. The number of nitrogens with zero attached hydrogens (tertiary/aromatic N) is 1. The van der Waals surface area contributed by atoms with Gasteiger partial charge in [-0.1, -0.05) is 13.8 Å². The summed E-state index contributed by atoms with van der Waals surface area (Å²) < 4.78 is 38.0. The number of alkyl halides is 1. The maximum Gasteiger partial charge on any atom is 0.211 e. The van der Waals surface area contributed by atoms with Crippen molar-refractivity contribution in [2.45, 2.75) is 39.7 Å². The van der Waals surface area contributed by atoms with Crippen LogP contribution in [0.15, 0.2) is 0 Å². The maximum absolute atomic E-state index is 12.0. The van der Waals surface area contributed by atoms with Crippen molar-refractivity contribution >= 4 is 10.0 Å². The Labute approximate surface area is 116 Å². The van der Waals surface area contributed by atoms with Crippen LogP contribution in [0.25, 0.3) is 0 Å². The van der Waals surface area contributed by atoms with Gasteiger partial charge in [0.1, 0.15) is 0 Å². The predicted octanol–water partition coefficient (Wildman–Crippen LogP) is 1.63. The number of likely N-dealkylation sites (tertiary alicyclic amines) is 1. The van der Waals surface area contributed by atoms with Gasteiger partial charge in [0.25, 0.3) is 0 Å². The number of rotatable bonds is 7. The van der Waals surface area contributed by atoms with Crippen LogP contribution in [-0.4, -0.2) is 51.4 Å². The Kier molecular flexibility index (Phi) is 6.69. The van der Waals surface area contributed by atoms with Gasteiger partial charge in [-0.05, 0) is 31.6 Å². The van der Waals surface area contributed by atoms with E-state index in [4.69, 9.17) is 0 Å². The zero-order chi connectivity index (χ0) is 14.5. The molecule has 6 heteroatoms. The summed E-state index contributed by atoms with van der Waals surface area (Å²) in [5.41, 5.74) is 0. The molecule has 0 aliphatic carbocycles. The minimum absolute atomic E-state index is 0.0693. The van der Waals surface area contributed by atoms with Crippen LogP contribution in [0, 0.1) is 11.8 Å². The standard InChI is InChI=1S/C13H27FN2O2S/c1-11-7-12(2)9-16(8-11)10-13(3)15-19(17,18)6-4-5-14/h11-13,15H,4-10H2,1-3H3/t11-,12+,13-/m1/s1. The fraction of sp³-hybridized carbons (Fsp3) is 1.00. The molecule has 4 nitrogen and oxygen atoms in total. The number of hydrogen-bond acceptors (Lipinski definition) is 3. The molecule has 1 aliphatic rings. The van der Waals surface area contributed by atoms with Crippen molar-refractivity contribution in [2.75, 3.05) is 32.1 Å². The Morgan fingerprint density at radius 3 is 2.42 bits per heavy atom. The molecule has 1 N–H and O–H groups in total. The molecular weight excluding hydrogens is 267 g/mol. The third-order valence-corrected chi connectivity index (χ3v) is 4.99. The van der Waals surface area contributed by atoms with E-state index in [0.717, 1.165) is 19.6 Å². The summed E-state index contributed by atoms with van der Waals surface area (Å²) in [6.07, 6.45) is 1.31. The topological polar surface area (TPSA) is 49.4 Å². The minimum atomic E-state index is -3.34. The Balaban J connectivity index is 2.40. The summed E-state index contributed by atoms with van der Waals surface area (Å²) in [5, 5.41) is 0. The second-order valence-electron chi connectivity index (χ2n) is 6.04. The molecule has 0 aromatic rings. The maximum atomic E-state index is 12.0. The number of piperidine rings is 1. The van der Waals surface area contributed by atoms with Crippen molar-refractivity contribution in [3.05, 3.63) is 0 Å². The van der Waals surface area contributed by atoms with Crippen LogP contribution in [-0.2, 0) is 10.0 Å². The van der Waals surface area contributed by atoms with Crippen molar-refractivity contribution in [2.24, 2.45) is 11.8 Å². The van der Waals surface area contributed by atoms with E-state index in [0.29, 0.717) is 11.8 Å². The number of hydrogen-bond donors (Lipinski definition) is 1. The quantitative estimate of drug-likeness (QED) is 0.776. The molecule has 0 unspecified atom stereocenters. The summed E-state index contributed by atoms with van der Waals surface area (Å²) >= 11 is 0. The van der Waals surface area contributed by atoms with E-state index in [2.05, 4.69) is 23.5 Å². The zero-order valence-corrected chi connectivity index (χ0v) is 13.0. The minimum Gasteiger partial charge on any atom is -0.301 e. The smallest absolute Gasteiger partial charge is 0.211 e. The lowest BCUT2D eigenvalue weighted by atomic mass is 9.92. The van der Waals surface area contributed by atoms with E-state index in [9.17, 15) is 12.8 Å². The summed E-state index contributed by atoms with van der Waals surface area (Å²) in [7, 11) is -3.34. The van der Waals surface area contributed by atoms with Gasteiger partial charge < -0.3 is 4.90 Å². The summed E-state index contributed by atoms with van der Waals surface area (Å²) in [4.78, 5) is 2.32. The third-order valence-electron chi connectivity index (χ3n) is 3.40. The van der Waals surface area contributed by atoms with Crippen molar-refractivity contribution in [3.63, 3.8) is 0 Å². The van der Waals surface area contributed by atoms with Crippen LogP contribution in [0.1, 0.15) is 33.6 Å². The second kappa shape index (κ2) is 7.55. The highest BCUT2D eigenvalue weighted by atomic mass is 32.2. The van der Waals surface area contributed by atoms with Crippen molar-refractivity contribution in [3.8, 4) is 0 Å². The van der Waals surface area contributed by atoms with Gasteiger partial charge in [0.2, 0.25) is 10.0 Å². The highest BCUT2D eigenvalue weighted by Gasteiger charge is 2.24. The molecule has 0 radical (unpaired) electrons. The van der Waals surface area contributed by atoms with E-state index in [1.54, 1.807) is 0 Å². The monoisotopic (exact) mass is 294 g/mol. The van der Waals surface area contributed by atoms with Crippen LogP contribution in [0.5, 0.6) is 0 Å². The van der Waals surface area contributed by atoms with E-state index in [1.807, 2.05) is 6.92 Å². The van der Waals surface area contributed by atoms with Gasteiger partial charge in [0, 0.05) is 25.7 Å². The molecule has 1 aliphatic heterocycles. The molecule has 0 saturated carbocycles. The molecular formula is C13H27FN2O2S. The third kappa shape index (κ3) is 6.68. The van der Waals surface area contributed by atoms with Crippen LogP contribution in [0.4, 0.5) is 4.39 Å². The lowest BCUT2D eigenvalue weighted by Crippen LogP contribution is -2.47. The lowest BCUT2D eigenvalue weighted by molar-refractivity contribution is 0.134. The summed E-state index contributed by atoms with van der Waals surface area (Å²) in [6.45, 7) is 8.54. The molecule has 0 amide bonds. The van der Waals surface area contributed by atoms with Crippen LogP contribution in [0.3, 0.4) is 0 Å². The van der Waals surface area contributed by atoms with E-state index in [1.165, 1.54) is 6.42 Å². The molecule has 0 bridgehead atoms. The predicted molar refractivity (Wildman–Crippen MR) is 76.4 cm³/mol. The lowest BCUT2D eigenvalue weighted by Gasteiger charge is -2.36. The van der Waals surface area contributed by atoms with Crippen LogP contribution < -0.4 is 4.72 Å². The summed E-state index contributed by atoms with van der Waals surface area (Å²) in [5.74, 6) is 1.21. The zero-order valence-electron chi connectivity index (χ0n) is 12.2. The van der Waals surface area contributed by atoms with Gasteiger partial charge >= 0.3 is 0 Å². The first-order valence-corrected chi connectivity index (χ1v) is 8.76. The van der Waals surface area contributed by atoms with Gasteiger partial charge in [-0.2, -0.15) is 0 Å². The summed E-state index contributed by atoms with van der Waals surface area (Å²) in [6, 6.07) is -0.123. The van der Waals surface area contributed by atoms with Gasteiger partial charge in [0.05, 0.1) is 12.4 Å². The Hall–Kier alpha value is -0.200. The molecule has 0 spiro atoms.